The molecule has 0 aliphatic rings. The van der Waals surface area contributed by atoms with Gasteiger partial charge in [-0.2, -0.15) is 0 Å². The summed E-state index contributed by atoms with van der Waals surface area (Å²) in [6, 6.07) is 6.42. The highest BCUT2D eigenvalue weighted by Gasteiger charge is 2.09. The zero-order valence-corrected chi connectivity index (χ0v) is 8.66. The second-order valence-electron chi connectivity index (χ2n) is 3.55. The normalized spacial score (nSPS) is 10.8. The molecule has 0 saturated carbocycles. The first-order valence-electron chi connectivity index (χ1n) is 4.96. The predicted octanol–water partition coefficient (Wildman–Crippen LogP) is 0.814. The molecule has 0 aliphatic carbocycles. The molecule has 6 nitrogen and oxygen atoms in total. The molecule has 84 valence electrons. The number of benzene rings is 1. The molecule has 0 radical (unpaired) electrons. The van der Waals surface area contributed by atoms with Gasteiger partial charge in [-0.25, -0.2) is 19.3 Å². The van der Waals surface area contributed by atoms with Crippen molar-refractivity contribution >= 4 is 11.2 Å². The molecule has 0 saturated heterocycles. The molecular weight excluding hydrogens is 220 g/mol. The van der Waals surface area contributed by atoms with E-state index in [4.69, 9.17) is 0 Å². The molecule has 3 aromatic rings. The summed E-state index contributed by atoms with van der Waals surface area (Å²) in [5.74, 6) is 0.0952. The average molecular weight is 228 g/mol. The molecule has 6 heteroatoms. The summed E-state index contributed by atoms with van der Waals surface area (Å²) >= 11 is 0. The van der Waals surface area contributed by atoms with Crippen LogP contribution < -0.4 is 5.69 Å². The fraction of sp³-hybridized carbons (Fsp3) is 0. The van der Waals surface area contributed by atoms with Crippen LogP contribution in [0.2, 0.25) is 0 Å². The van der Waals surface area contributed by atoms with Gasteiger partial charge in [0.25, 0.3) is 0 Å². The van der Waals surface area contributed by atoms with Crippen molar-refractivity contribution in [1.29, 1.82) is 0 Å². The lowest BCUT2D eigenvalue weighted by molar-refractivity contribution is 0.475. The van der Waals surface area contributed by atoms with Crippen LogP contribution in [0.5, 0.6) is 5.75 Å². The number of aromatic amines is 1. The van der Waals surface area contributed by atoms with Crippen molar-refractivity contribution in [3.05, 3.63) is 47.3 Å². The van der Waals surface area contributed by atoms with Crippen molar-refractivity contribution in [2.24, 2.45) is 0 Å². The summed E-state index contributed by atoms with van der Waals surface area (Å²) in [5, 5.41) is 9.42. The van der Waals surface area contributed by atoms with E-state index in [-0.39, 0.29) is 11.4 Å². The Hall–Kier alpha value is -2.63. The van der Waals surface area contributed by atoms with E-state index in [1.807, 2.05) is 0 Å². The van der Waals surface area contributed by atoms with E-state index in [2.05, 4.69) is 15.0 Å². The maximum absolute atomic E-state index is 11.8. The monoisotopic (exact) mass is 228 g/mol. The van der Waals surface area contributed by atoms with Gasteiger partial charge in [-0.15, -0.1) is 0 Å². The van der Waals surface area contributed by atoms with Crippen molar-refractivity contribution in [3.8, 4) is 11.4 Å². The molecule has 1 aromatic carbocycles. The van der Waals surface area contributed by atoms with Crippen LogP contribution >= 0.6 is 0 Å². The van der Waals surface area contributed by atoms with Crippen LogP contribution in [-0.4, -0.2) is 24.6 Å². The van der Waals surface area contributed by atoms with E-state index in [1.165, 1.54) is 23.2 Å². The minimum Gasteiger partial charge on any atom is -0.508 e. The first kappa shape index (κ1) is 9.59. The maximum atomic E-state index is 11.8. The smallest absolute Gasteiger partial charge is 0.332 e. The van der Waals surface area contributed by atoms with Crippen LogP contribution in [0.4, 0.5) is 0 Å². The van der Waals surface area contributed by atoms with Crippen molar-refractivity contribution in [1.82, 2.24) is 19.5 Å². The van der Waals surface area contributed by atoms with Crippen molar-refractivity contribution in [2.45, 2.75) is 0 Å². The first-order chi connectivity index (χ1) is 8.25. The Morgan fingerprint density at radius 2 is 2.24 bits per heavy atom. The molecular formula is C11H8N4O2. The van der Waals surface area contributed by atoms with Gasteiger partial charge >= 0.3 is 5.69 Å². The Labute approximate surface area is 95.2 Å². The molecule has 0 amide bonds. The molecule has 2 N–H and O–H groups in total. The molecule has 0 aliphatic heterocycles. The number of hydrogen-bond donors (Lipinski definition) is 2. The minimum absolute atomic E-state index is 0.0952. The lowest BCUT2D eigenvalue weighted by Gasteiger charge is -2.02. The zero-order chi connectivity index (χ0) is 11.8. The average Bonchev–Trinajstić information content (AvgIpc) is 2.64. The molecule has 0 spiro atoms. The fourth-order valence-corrected chi connectivity index (χ4v) is 1.73. The second kappa shape index (κ2) is 3.44. The molecule has 3 rings (SSSR count). The number of fused-ring (bicyclic) bond motifs is 1. The van der Waals surface area contributed by atoms with Crippen LogP contribution in [0.3, 0.4) is 0 Å². The van der Waals surface area contributed by atoms with Gasteiger partial charge in [-0.05, 0) is 12.1 Å². The molecule has 2 heterocycles. The van der Waals surface area contributed by atoms with Crippen LogP contribution in [0, 0.1) is 0 Å². The van der Waals surface area contributed by atoms with Gasteiger partial charge in [0.2, 0.25) is 0 Å². The number of H-pyrrole nitrogens is 1. The molecule has 0 bridgehead atoms. The summed E-state index contributed by atoms with van der Waals surface area (Å²) in [5.41, 5.74) is 1.28. The lowest BCUT2D eigenvalue weighted by Crippen LogP contribution is -2.14. The summed E-state index contributed by atoms with van der Waals surface area (Å²) in [6.07, 6.45) is 2.90. The Bertz CT molecular complexity index is 744. The van der Waals surface area contributed by atoms with Crippen LogP contribution in [-0.2, 0) is 0 Å². The third-order valence-electron chi connectivity index (χ3n) is 2.44. The number of phenolic OH excluding ortho intramolecular Hbond substituents is 1. The lowest BCUT2D eigenvalue weighted by atomic mass is 10.3. The van der Waals surface area contributed by atoms with E-state index >= 15 is 0 Å². The highest BCUT2D eigenvalue weighted by Crippen LogP contribution is 2.16. The van der Waals surface area contributed by atoms with E-state index in [0.29, 0.717) is 16.9 Å². The van der Waals surface area contributed by atoms with Crippen LogP contribution in [0.25, 0.3) is 16.9 Å². The van der Waals surface area contributed by atoms with Crippen molar-refractivity contribution in [2.75, 3.05) is 0 Å². The quantitative estimate of drug-likeness (QED) is 0.645. The molecule has 0 unspecified atom stereocenters. The fourth-order valence-electron chi connectivity index (χ4n) is 1.73. The van der Waals surface area contributed by atoms with Gasteiger partial charge in [0.15, 0.2) is 5.65 Å². The maximum Gasteiger partial charge on any atom is 0.332 e. The number of rotatable bonds is 1. The number of imidazole rings is 1. The highest BCUT2D eigenvalue weighted by atomic mass is 16.3. The first-order valence-corrected chi connectivity index (χ1v) is 4.96. The predicted molar refractivity (Wildman–Crippen MR) is 61.2 cm³/mol. The summed E-state index contributed by atoms with van der Waals surface area (Å²) in [6.45, 7) is 0. The van der Waals surface area contributed by atoms with Crippen LogP contribution in [0.1, 0.15) is 0 Å². The molecule has 0 fully saturated rings. The van der Waals surface area contributed by atoms with E-state index in [1.54, 1.807) is 18.2 Å². The number of nitrogens with one attached hydrogen (secondary N) is 1. The topological polar surface area (TPSA) is 83.8 Å². The summed E-state index contributed by atoms with van der Waals surface area (Å²) in [4.78, 5) is 22.3. The number of hydrogen-bond acceptors (Lipinski definition) is 4. The van der Waals surface area contributed by atoms with Gasteiger partial charge in [0.1, 0.15) is 17.6 Å². The summed E-state index contributed by atoms with van der Waals surface area (Å²) in [7, 11) is 0. The number of nitrogens with zero attached hydrogens (tertiary/aromatic N) is 3. The third kappa shape index (κ3) is 1.46. The van der Waals surface area contributed by atoms with Gasteiger partial charge in [0.05, 0.1) is 11.9 Å². The van der Waals surface area contributed by atoms with Gasteiger partial charge in [-0.3, -0.25) is 0 Å². The second-order valence-corrected chi connectivity index (χ2v) is 3.55. The number of phenols is 1. The van der Waals surface area contributed by atoms with E-state index in [9.17, 15) is 9.90 Å². The summed E-state index contributed by atoms with van der Waals surface area (Å²) < 4.78 is 1.39. The highest BCUT2D eigenvalue weighted by molar-refractivity contribution is 5.71. The van der Waals surface area contributed by atoms with Crippen LogP contribution in [0.15, 0.2) is 41.6 Å². The Morgan fingerprint density at radius 3 is 3.06 bits per heavy atom. The van der Waals surface area contributed by atoms with Crippen molar-refractivity contribution < 1.29 is 5.11 Å². The number of aromatic nitrogens is 4. The molecule has 2 aromatic heterocycles. The number of aromatic hydroxyl groups is 1. The third-order valence-corrected chi connectivity index (χ3v) is 2.44. The Balaban J connectivity index is 2.37. The SMILES string of the molecule is O=c1[nH]c2cncnc2n1-c1cccc(O)c1. The van der Waals surface area contributed by atoms with E-state index in [0.717, 1.165) is 0 Å². The Kier molecular flexibility index (Phi) is 1.94. The van der Waals surface area contributed by atoms with Gasteiger partial charge in [-0.1, -0.05) is 6.07 Å². The van der Waals surface area contributed by atoms with E-state index < -0.39 is 0 Å². The van der Waals surface area contributed by atoms with Crippen molar-refractivity contribution in [3.63, 3.8) is 0 Å². The Morgan fingerprint density at radius 1 is 1.35 bits per heavy atom. The van der Waals surface area contributed by atoms with Gasteiger partial charge < -0.3 is 10.1 Å². The van der Waals surface area contributed by atoms with Gasteiger partial charge in [0, 0.05) is 6.07 Å². The molecule has 17 heavy (non-hydrogen) atoms. The standard InChI is InChI=1S/C11H8N4O2/c16-8-3-1-2-7(4-8)15-10-9(14-11(15)17)5-12-6-13-10/h1-6,16H,(H,14,17). The molecule has 0 atom stereocenters. The minimum atomic E-state index is -0.314. The largest absolute Gasteiger partial charge is 0.508 e. The zero-order valence-electron chi connectivity index (χ0n) is 8.66.